The molecule has 0 aromatic heterocycles. The maximum Gasteiger partial charge on any atom is 0.326 e. The first kappa shape index (κ1) is 16.7. The summed E-state index contributed by atoms with van der Waals surface area (Å²) in [7, 11) is 0. The molecule has 1 heterocycles. The minimum absolute atomic E-state index is 0.0843. The molecular weight excluding hydrogens is 306 g/mol. The van der Waals surface area contributed by atoms with Gasteiger partial charge in [0.05, 0.1) is 0 Å². The van der Waals surface area contributed by atoms with Crippen LogP contribution in [0.4, 0.5) is 0 Å². The number of hydrazine groups is 1. The highest BCUT2D eigenvalue weighted by molar-refractivity contribution is 6.31. The predicted octanol–water partition coefficient (Wildman–Crippen LogP) is 1.62. The summed E-state index contributed by atoms with van der Waals surface area (Å²) < 4.78 is 0. The largest absolute Gasteiger partial charge is 0.480 e. The van der Waals surface area contributed by atoms with Gasteiger partial charge < -0.3 is 10.4 Å². The highest BCUT2D eigenvalue weighted by Crippen LogP contribution is 2.28. The maximum atomic E-state index is 12.2. The molecule has 0 spiro atoms. The number of hydrogen-bond acceptors (Lipinski definition) is 4. The third kappa shape index (κ3) is 3.97. The number of hydrogen-bond donors (Lipinski definition) is 4. The molecule has 1 saturated heterocycles. The third-order valence-corrected chi connectivity index (χ3v) is 4.04. The Labute approximate surface area is 134 Å². The van der Waals surface area contributed by atoms with E-state index in [0.717, 1.165) is 5.56 Å². The number of carboxylic acids is 1. The zero-order valence-corrected chi connectivity index (χ0v) is 13.1. The minimum Gasteiger partial charge on any atom is -0.480 e. The van der Waals surface area contributed by atoms with Crippen LogP contribution in [0, 0.1) is 0 Å². The van der Waals surface area contributed by atoms with Gasteiger partial charge in [0.15, 0.2) is 0 Å². The number of benzene rings is 1. The molecule has 1 aliphatic heterocycles. The molecule has 0 aliphatic carbocycles. The summed E-state index contributed by atoms with van der Waals surface area (Å²) in [5.41, 5.74) is 6.85. The molecule has 1 aromatic rings. The normalized spacial score (nSPS) is 22.3. The van der Waals surface area contributed by atoms with Gasteiger partial charge in [-0.2, -0.15) is 0 Å². The Bertz CT molecular complexity index is 553. The van der Waals surface area contributed by atoms with Gasteiger partial charge in [0.25, 0.3) is 0 Å². The lowest BCUT2D eigenvalue weighted by atomic mass is 10.0. The third-order valence-electron chi connectivity index (χ3n) is 3.69. The van der Waals surface area contributed by atoms with E-state index in [4.69, 9.17) is 16.7 Å². The molecule has 3 atom stereocenters. The highest BCUT2D eigenvalue weighted by atomic mass is 35.5. The molecule has 4 N–H and O–H groups in total. The van der Waals surface area contributed by atoms with E-state index in [2.05, 4.69) is 16.2 Å². The SMILES string of the molecule is CCCC(NC(=O)C1CC(c2ccccc2Cl)NN1)C(=O)O. The van der Waals surface area contributed by atoms with Gasteiger partial charge in [-0.15, -0.1) is 0 Å². The quantitative estimate of drug-likeness (QED) is 0.638. The van der Waals surface area contributed by atoms with Crippen molar-refractivity contribution in [2.45, 2.75) is 44.3 Å². The average Bonchev–Trinajstić information content (AvgIpc) is 2.96. The fourth-order valence-corrected chi connectivity index (χ4v) is 2.78. The Morgan fingerprint density at radius 3 is 2.77 bits per heavy atom. The molecule has 1 aromatic carbocycles. The summed E-state index contributed by atoms with van der Waals surface area (Å²) >= 11 is 6.15. The second-order valence-electron chi connectivity index (χ2n) is 5.34. The first-order chi connectivity index (χ1) is 10.5. The van der Waals surface area contributed by atoms with E-state index in [9.17, 15) is 9.59 Å². The molecule has 0 saturated carbocycles. The lowest BCUT2D eigenvalue weighted by Crippen LogP contribution is -2.49. The second-order valence-corrected chi connectivity index (χ2v) is 5.75. The Hall–Kier alpha value is -1.63. The minimum atomic E-state index is -1.01. The molecule has 2 rings (SSSR count). The van der Waals surface area contributed by atoms with Crippen LogP contribution in [-0.4, -0.2) is 29.1 Å². The molecule has 7 heteroatoms. The van der Waals surface area contributed by atoms with Crippen LogP contribution in [0.15, 0.2) is 24.3 Å². The first-order valence-electron chi connectivity index (χ1n) is 7.31. The van der Waals surface area contributed by atoms with Gasteiger partial charge >= 0.3 is 5.97 Å². The van der Waals surface area contributed by atoms with E-state index >= 15 is 0 Å². The van der Waals surface area contributed by atoms with E-state index in [1.807, 2.05) is 25.1 Å². The van der Waals surface area contributed by atoms with E-state index in [-0.39, 0.29) is 11.9 Å². The molecule has 120 valence electrons. The molecule has 0 bridgehead atoms. The van der Waals surface area contributed by atoms with Gasteiger partial charge in [-0.25, -0.2) is 15.6 Å². The van der Waals surface area contributed by atoms with Gasteiger partial charge in [-0.05, 0) is 24.5 Å². The zero-order chi connectivity index (χ0) is 16.1. The van der Waals surface area contributed by atoms with Crippen LogP contribution in [0.3, 0.4) is 0 Å². The Balaban J connectivity index is 1.96. The second kappa shape index (κ2) is 7.58. The van der Waals surface area contributed by atoms with Crippen LogP contribution in [0.2, 0.25) is 5.02 Å². The predicted molar refractivity (Wildman–Crippen MR) is 83.3 cm³/mol. The number of carbonyl (C=O) groups excluding carboxylic acids is 1. The van der Waals surface area contributed by atoms with Crippen molar-refractivity contribution < 1.29 is 14.7 Å². The zero-order valence-electron chi connectivity index (χ0n) is 12.3. The van der Waals surface area contributed by atoms with Crippen molar-refractivity contribution in [1.82, 2.24) is 16.2 Å². The molecular formula is C15H20ClN3O3. The lowest BCUT2D eigenvalue weighted by molar-refractivity contribution is -0.142. The van der Waals surface area contributed by atoms with Gasteiger partial charge in [-0.1, -0.05) is 43.1 Å². The highest BCUT2D eigenvalue weighted by Gasteiger charge is 2.32. The number of nitrogens with one attached hydrogen (secondary N) is 3. The van der Waals surface area contributed by atoms with Crippen molar-refractivity contribution in [3.63, 3.8) is 0 Å². The van der Waals surface area contributed by atoms with Crippen LogP contribution in [0.1, 0.15) is 37.8 Å². The standard InChI is InChI=1S/C15H20ClN3O3/c1-2-5-11(15(21)22)17-14(20)13-8-12(18-19-13)9-6-3-4-7-10(9)16/h3-4,6-7,11-13,18-19H,2,5,8H2,1H3,(H,17,20)(H,21,22). The molecule has 1 amide bonds. The van der Waals surface area contributed by atoms with Gasteiger partial charge in [0.1, 0.15) is 12.1 Å². The molecule has 1 fully saturated rings. The molecule has 22 heavy (non-hydrogen) atoms. The summed E-state index contributed by atoms with van der Waals surface area (Å²) in [6.45, 7) is 1.88. The van der Waals surface area contributed by atoms with E-state index < -0.39 is 18.1 Å². The van der Waals surface area contributed by atoms with Crippen LogP contribution in [0.5, 0.6) is 0 Å². The lowest BCUT2D eigenvalue weighted by Gasteiger charge is -2.16. The van der Waals surface area contributed by atoms with Crippen molar-refractivity contribution in [3.8, 4) is 0 Å². The first-order valence-corrected chi connectivity index (χ1v) is 7.69. The van der Waals surface area contributed by atoms with Crippen molar-refractivity contribution in [1.29, 1.82) is 0 Å². The van der Waals surface area contributed by atoms with Crippen molar-refractivity contribution >= 4 is 23.5 Å². The smallest absolute Gasteiger partial charge is 0.326 e. The van der Waals surface area contributed by atoms with Crippen LogP contribution >= 0.6 is 11.6 Å². The molecule has 3 unspecified atom stereocenters. The van der Waals surface area contributed by atoms with Crippen LogP contribution < -0.4 is 16.2 Å². The summed E-state index contributed by atoms with van der Waals surface area (Å²) in [6.07, 6.45) is 1.61. The Morgan fingerprint density at radius 1 is 1.41 bits per heavy atom. The van der Waals surface area contributed by atoms with E-state index in [1.165, 1.54) is 0 Å². The van der Waals surface area contributed by atoms with E-state index in [1.54, 1.807) is 6.07 Å². The summed E-state index contributed by atoms with van der Waals surface area (Å²) in [4.78, 5) is 23.3. The number of amides is 1. The number of aliphatic carboxylic acids is 1. The number of rotatable bonds is 6. The summed E-state index contributed by atoms with van der Waals surface area (Å²) in [5.74, 6) is -1.33. The summed E-state index contributed by atoms with van der Waals surface area (Å²) in [5, 5.41) is 12.3. The van der Waals surface area contributed by atoms with Crippen molar-refractivity contribution in [2.75, 3.05) is 0 Å². The van der Waals surface area contributed by atoms with Gasteiger partial charge in [0.2, 0.25) is 5.91 Å². The van der Waals surface area contributed by atoms with Crippen LogP contribution in [0.25, 0.3) is 0 Å². The molecule has 0 radical (unpaired) electrons. The number of halogens is 1. The fraction of sp³-hybridized carbons (Fsp3) is 0.467. The molecule has 6 nitrogen and oxygen atoms in total. The van der Waals surface area contributed by atoms with Gasteiger partial charge in [-0.3, -0.25) is 4.79 Å². The fourth-order valence-electron chi connectivity index (χ4n) is 2.51. The monoisotopic (exact) mass is 325 g/mol. The average molecular weight is 326 g/mol. The van der Waals surface area contributed by atoms with Crippen molar-refractivity contribution in [2.24, 2.45) is 0 Å². The van der Waals surface area contributed by atoms with E-state index in [0.29, 0.717) is 24.3 Å². The van der Waals surface area contributed by atoms with Gasteiger partial charge in [0, 0.05) is 11.1 Å². The van der Waals surface area contributed by atoms with Crippen LogP contribution in [-0.2, 0) is 9.59 Å². The topological polar surface area (TPSA) is 90.5 Å². The number of carboxylic acid groups (broad SMARTS) is 1. The summed E-state index contributed by atoms with van der Waals surface area (Å²) in [6, 6.07) is 6.02. The van der Waals surface area contributed by atoms with Crippen molar-refractivity contribution in [3.05, 3.63) is 34.9 Å². The maximum absolute atomic E-state index is 12.2. The number of carbonyl (C=O) groups is 2. The Morgan fingerprint density at radius 2 is 2.14 bits per heavy atom. The Kier molecular flexibility index (Phi) is 5.76. The molecule has 1 aliphatic rings.